The lowest BCUT2D eigenvalue weighted by Gasteiger charge is -2.02. The fraction of sp³-hybridized carbons (Fsp3) is 0.818. The highest BCUT2D eigenvalue weighted by molar-refractivity contribution is 8.76. The lowest BCUT2D eigenvalue weighted by Crippen LogP contribution is -1.99. The lowest BCUT2D eigenvalue weighted by atomic mass is 10.1. The van der Waals surface area contributed by atoms with Gasteiger partial charge in [0.1, 0.15) is 5.78 Å². The van der Waals surface area contributed by atoms with Crippen molar-refractivity contribution in [3.63, 3.8) is 0 Å². The summed E-state index contributed by atoms with van der Waals surface area (Å²) in [5.74, 6) is 2.35. The molecule has 0 spiro atoms. The fourth-order valence-corrected chi connectivity index (χ4v) is 4.67. The molecule has 0 fully saturated rings. The third-order valence-corrected chi connectivity index (χ3v) is 6.72. The minimum atomic E-state index is 0.229. The Balaban J connectivity index is 3.36. The zero-order chi connectivity index (χ0) is 19.3. The van der Waals surface area contributed by atoms with Gasteiger partial charge in [-0.3, -0.25) is 9.59 Å². The number of ketones is 2. The van der Waals surface area contributed by atoms with Crippen molar-refractivity contribution in [1.29, 1.82) is 0 Å². The van der Waals surface area contributed by atoms with Gasteiger partial charge in [-0.15, -0.1) is 0 Å². The lowest BCUT2D eigenvalue weighted by molar-refractivity contribution is -0.118. The van der Waals surface area contributed by atoms with Crippen LogP contribution < -0.4 is 0 Å². The van der Waals surface area contributed by atoms with E-state index in [1.807, 2.05) is 6.08 Å². The molecule has 0 radical (unpaired) electrons. The van der Waals surface area contributed by atoms with Gasteiger partial charge in [0.25, 0.3) is 0 Å². The topological polar surface area (TPSA) is 34.1 Å². The molecule has 0 aliphatic rings. The van der Waals surface area contributed by atoms with Gasteiger partial charge in [0.05, 0.1) is 0 Å². The van der Waals surface area contributed by atoms with Crippen LogP contribution in [-0.4, -0.2) is 23.1 Å². The maximum Gasteiger partial charge on any atom is 0.156 e. The molecule has 2 nitrogen and oxygen atoms in total. The van der Waals surface area contributed by atoms with Gasteiger partial charge in [0.15, 0.2) is 5.78 Å². The summed E-state index contributed by atoms with van der Waals surface area (Å²) in [5.41, 5.74) is 0. The summed E-state index contributed by atoms with van der Waals surface area (Å²) in [5, 5.41) is 0. The summed E-state index contributed by atoms with van der Waals surface area (Å²) >= 11 is 0. The number of unbranched alkanes of at least 4 members (excludes halogenated alkanes) is 9. The monoisotopic (exact) mass is 400 g/mol. The van der Waals surface area contributed by atoms with Crippen molar-refractivity contribution in [3.8, 4) is 0 Å². The molecule has 0 unspecified atom stereocenters. The number of rotatable bonds is 20. The first-order chi connectivity index (χ1) is 12.7. The minimum absolute atomic E-state index is 0.229. The Labute approximate surface area is 170 Å². The highest BCUT2D eigenvalue weighted by Crippen LogP contribution is 2.23. The second-order valence-electron chi connectivity index (χ2n) is 6.92. The number of hydrogen-bond donors (Lipinski definition) is 0. The molecule has 0 aliphatic heterocycles. The Kier molecular flexibility index (Phi) is 20.9. The highest BCUT2D eigenvalue weighted by atomic mass is 33.1. The van der Waals surface area contributed by atoms with Crippen molar-refractivity contribution in [2.45, 2.75) is 104 Å². The van der Waals surface area contributed by atoms with Crippen LogP contribution in [0, 0.1) is 0 Å². The second-order valence-corrected chi connectivity index (χ2v) is 9.62. The molecule has 0 aromatic carbocycles. The van der Waals surface area contributed by atoms with Crippen molar-refractivity contribution >= 4 is 33.2 Å². The molecule has 0 amide bonds. The molecular formula is C22H40O2S2. The maximum absolute atomic E-state index is 11.8. The predicted octanol–water partition coefficient (Wildman–Crippen LogP) is 7.56. The smallest absolute Gasteiger partial charge is 0.156 e. The SMILES string of the molecule is CCCCCCC=CC(=O)CCSSCCC(=O)CCCCCCCC. The first-order valence-electron chi connectivity index (χ1n) is 10.7. The molecule has 0 saturated carbocycles. The first kappa shape index (κ1) is 25.8. The van der Waals surface area contributed by atoms with Gasteiger partial charge in [-0.1, -0.05) is 92.9 Å². The van der Waals surface area contributed by atoms with Gasteiger partial charge in [-0.2, -0.15) is 0 Å². The zero-order valence-corrected chi connectivity index (χ0v) is 18.7. The molecule has 0 bridgehead atoms. The van der Waals surface area contributed by atoms with Crippen LogP contribution in [0.3, 0.4) is 0 Å². The standard InChI is InChI=1S/C22H40O2S2/c1-3-5-7-9-11-13-15-21(23)17-19-25-26-20-18-22(24)16-14-12-10-8-6-4-2/h13,15H,3-12,14,16-20H2,1-2H3. The summed E-state index contributed by atoms with van der Waals surface area (Å²) in [6.45, 7) is 4.43. The molecule has 0 rings (SSSR count). The molecule has 0 aromatic rings. The van der Waals surface area contributed by atoms with Crippen LogP contribution >= 0.6 is 21.6 Å². The summed E-state index contributed by atoms with van der Waals surface area (Å²) in [4.78, 5) is 23.5. The van der Waals surface area contributed by atoms with Gasteiger partial charge in [0, 0.05) is 30.8 Å². The normalized spacial score (nSPS) is 11.3. The number of hydrogen-bond acceptors (Lipinski definition) is 4. The number of allylic oxidation sites excluding steroid dienone is 2. The van der Waals surface area contributed by atoms with E-state index >= 15 is 0 Å². The summed E-state index contributed by atoms with van der Waals surface area (Å²) < 4.78 is 0. The van der Waals surface area contributed by atoms with E-state index in [9.17, 15) is 9.59 Å². The van der Waals surface area contributed by atoms with Crippen molar-refractivity contribution in [3.05, 3.63) is 12.2 Å². The quantitative estimate of drug-likeness (QED) is 0.120. The number of Topliss-reactive ketones (excluding diaryl/α,β-unsaturated/α-hetero) is 1. The largest absolute Gasteiger partial charge is 0.300 e. The Morgan fingerprint density at radius 2 is 1.27 bits per heavy atom. The fourth-order valence-electron chi connectivity index (χ4n) is 2.63. The summed E-state index contributed by atoms with van der Waals surface area (Å²) in [6.07, 6.45) is 19.2. The second kappa shape index (κ2) is 21.1. The van der Waals surface area contributed by atoms with Crippen molar-refractivity contribution in [2.24, 2.45) is 0 Å². The van der Waals surface area contributed by atoms with E-state index in [0.29, 0.717) is 18.6 Å². The molecule has 0 aromatic heterocycles. The van der Waals surface area contributed by atoms with E-state index in [-0.39, 0.29) is 5.78 Å². The van der Waals surface area contributed by atoms with Crippen molar-refractivity contribution in [2.75, 3.05) is 11.5 Å². The zero-order valence-electron chi connectivity index (χ0n) is 17.1. The molecule has 0 aliphatic carbocycles. The van der Waals surface area contributed by atoms with Crippen LogP contribution in [0.1, 0.15) is 104 Å². The Morgan fingerprint density at radius 3 is 1.96 bits per heavy atom. The Bertz CT molecular complexity index is 367. The van der Waals surface area contributed by atoms with E-state index in [4.69, 9.17) is 0 Å². The predicted molar refractivity (Wildman–Crippen MR) is 120 cm³/mol. The number of carbonyl (C=O) groups is 2. The minimum Gasteiger partial charge on any atom is -0.300 e. The maximum atomic E-state index is 11.8. The van der Waals surface area contributed by atoms with Gasteiger partial charge >= 0.3 is 0 Å². The van der Waals surface area contributed by atoms with Gasteiger partial charge < -0.3 is 0 Å². The van der Waals surface area contributed by atoms with Gasteiger partial charge in [-0.25, -0.2) is 0 Å². The van der Waals surface area contributed by atoms with Crippen molar-refractivity contribution in [1.82, 2.24) is 0 Å². The third-order valence-electron chi connectivity index (χ3n) is 4.32. The summed E-state index contributed by atoms with van der Waals surface area (Å²) in [7, 11) is 3.45. The molecule has 26 heavy (non-hydrogen) atoms. The van der Waals surface area contributed by atoms with E-state index in [0.717, 1.165) is 30.8 Å². The van der Waals surface area contributed by atoms with Crippen molar-refractivity contribution < 1.29 is 9.59 Å². The van der Waals surface area contributed by atoms with E-state index < -0.39 is 0 Å². The van der Waals surface area contributed by atoms with Crippen LogP contribution in [0.5, 0.6) is 0 Å². The third kappa shape index (κ3) is 20.1. The van der Waals surface area contributed by atoms with Crippen LogP contribution in [-0.2, 0) is 9.59 Å². The first-order valence-corrected chi connectivity index (χ1v) is 13.1. The van der Waals surface area contributed by atoms with Crippen LogP contribution in [0.4, 0.5) is 0 Å². The molecular weight excluding hydrogens is 360 g/mol. The number of carbonyl (C=O) groups excluding carboxylic acids is 2. The van der Waals surface area contributed by atoms with Gasteiger partial charge in [-0.05, 0) is 25.3 Å². The molecule has 0 saturated heterocycles. The molecule has 0 N–H and O–H groups in total. The molecule has 4 heteroatoms. The Morgan fingerprint density at radius 1 is 0.692 bits per heavy atom. The summed E-state index contributed by atoms with van der Waals surface area (Å²) in [6, 6.07) is 0. The van der Waals surface area contributed by atoms with E-state index in [2.05, 4.69) is 13.8 Å². The molecule has 0 atom stereocenters. The van der Waals surface area contributed by atoms with Crippen LogP contribution in [0.25, 0.3) is 0 Å². The van der Waals surface area contributed by atoms with Gasteiger partial charge in [0.2, 0.25) is 0 Å². The average molecular weight is 401 g/mol. The van der Waals surface area contributed by atoms with E-state index in [1.54, 1.807) is 27.7 Å². The Hall–Kier alpha value is -0.220. The molecule has 0 heterocycles. The van der Waals surface area contributed by atoms with E-state index in [1.165, 1.54) is 57.8 Å². The average Bonchev–Trinajstić information content (AvgIpc) is 2.63. The van der Waals surface area contributed by atoms with Crippen LogP contribution in [0.2, 0.25) is 0 Å². The molecule has 152 valence electrons. The van der Waals surface area contributed by atoms with Crippen LogP contribution in [0.15, 0.2) is 12.2 Å². The highest BCUT2D eigenvalue weighted by Gasteiger charge is 2.03.